The monoisotopic (exact) mass is 474 g/mol. The molecular formula is C25H19BrN2O3. The zero-order valence-corrected chi connectivity index (χ0v) is 18.3. The number of esters is 1. The van der Waals surface area contributed by atoms with Crippen LogP contribution in [0, 0.1) is 0 Å². The van der Waals surface area contributed by atoms with Crippen LogP contribution in [0.4, 0.5) is 0 Å². The number of ether oxygens (including phenoxy) is 1. The quantitative estimate of drug-likeness (QED) is 0.270. The minimum atomic E-state index is -0.760. The Kier molecular flexibility index (Phi) is 6.09. The van der Waals surface area contributed by atoms with Crippen LogP contribution in [0.1, 0.15) is 32.5 Å². The van der Waals surface area contributed by atoms with Crippen LogP contribution in [0.15, 0.2) is 95.5 Å². The third-order valence-electron chi connectivity index (χ3n) is 4.95. The van der Waals surface area contributed by atoms with Crippen molar-refractivity contribution in [1.29, 1.82) is 0 Å². The lowest BCUT2D eigenvalue weighted by molar-refractivity contribution is 0.0591. The Hall–Kier alpha value is -3.51. The van der Waals surface area contributed by atoms with Gasteiger partial charge >= 0.3 is 5.97 Å². The molecule has 0 N–H and O–H groups in total. The number of aromatic nitrogens is 2. The molecule has 1 unspecified atom stereocenters. The van der Waals surface area contributed by atoms with E-state index in [1.54, 1.807) is 22.9 Å². The molecule has 4 rings (SSSR count). The summed E-state index contributed by atoms with van der Waals surface area (Å²) in [5.41, 5.74) is 2.90. The van der Waals surface area contributed by atoms with Crippen LogP contribution in [0.2, 0.25) is 0 Å². The molecule has 0 amide bonds. The summed E-state index contributed by atoms with van der Waals surface area (Å²) >= 11 is 3.58. The van der Waals surface area contributed by atoms with E-state index < -0.39 is 12.0 Å². The number of nitrogens with zero attached hydrogens (tertiary/aromatic N) is 2. The summed E-state index contributed by atoms with van der Waals surface area (Å²) in [6, 6.07) is 27.0. The van der Waals surface area contributed by atoms with Crippen LogP contribution >= 0.6 is 15.9 Å². The van der Waals surface area contributed by atoms with Gasteiger partial charge in [-0.15, -0.1) is 0 Å². The Bertz CT molecular complexity index is 1220. The summed E-state index contributed by atoms with van der Waals surface area (Å²) in [7, 11) is 1.31. The maximum Gasteiger partial charge on any atom is 0.358 e. The van der Waals surface area contributed by atoms with Crippen molar-refractivity contribution in [1.82, 2.24) is 9.78 Å². The van der Waals surface area contributed by atoms with Gasteiger partial charge in [-0.1, -0.05) is 94.8 Å². The molecule has 3 aromatic carbocycles. The maximum absolute atomic E-state index is 13.7. The molecule has 154 valence electrons. The molecule has 0 aliphatic heterocycles. The number of carbonyl (C=O) groups is 2. The molecule has 0 fully saturated rings. The molecule has 1 heterocycles. The van der Waals surface area contributed by atoms with E-state index in [0.717, 1.165) is 15.6 Å². The molecule has 0 saturated heterocycles. The van der Waals surface area contributed by atoms with Gasteiger partial charge in [-0.2, -0.15) is 5.10 Å². The molecule has 1 aromatic heterocycles. The van der Waals surface area contributed by atoms with Crippen molar-refractivity contribution in [3.05, 3.63) is 112 Å². The molecule has 1 atom stereocenters. The van der Waals surface area contributed by atoms with Gasteiger partial charge in [-0.05, 0) is 17.7 Å². The Morgan fingerprint density at radius 1 is 0.903 bits per heavy atom. The number of rotatable bonds is 6. The summed E-state index contributed by atoms with van der Waals surface area (Å²) in [4.78, 5) is 26.0. The number of halogens is 1. The first-order chi connectivity index (χ1) is 15.1. The molecule has 0 aliphatic carbocycles. The average Bonchev–Trinajstić information content (AvgIpc) is 3.25. The number of benzene rings is 3. The van der Waals surface area contributed by atoms with E-state index in [-0.39, 0.29) is 11.5 Å². The van der Waals surface area contributed by atoms with Crippen molar-refractivity contribution in [3.8, 4) is 11.3 Å². The van der Waals surface area contributed by atoms with Gasteiger partial charge in [-0.25, -0.2) is 9.48 Å². The lowest BCUT2D eigenvalue weighted by Crippen LogP contribution is -2.23. The first kappa shape index (κ1) is 20.8. The molecule has 6 heteroatoms. The van der Waals surface area contributed by atoms with Crippen LogP contribution in [-0.2, 0) is 4.74 Å². The third kappa shape index (κ3) is 4.20. The largest absolute Gasteiger partial charge is 0.464 e. The molecule has 0 spiro atoms. The Morgan fingerprint density at radius 3 is 2.16 bits per heavy atom. The zero-order valence-electron chi connectivity index (χ0n) is 16.7. The van der Waals surface area contributed by atoms with Gasteiger partial charge in [0.2, 0.25) is 0 Å². The van der Waals surface area contributed by atoms with Gasteiger partial charge < -0.3 is 4.74 Å². The van der Waals surface area contributed by atoms with E-state index in [2.05, 4.69) is 21.0 Å². The highest BCUT2D eigenvalue weighted by atomic mass is 79.9. The highest BCUT2D eigenvalue weighted by molar-refractivity contribution is 9.10. The highest BCUT2D eigenvalue weighted by Crippen LogP contribution is 2.33. The molecular weight excluding hydrogens is 456 g/mol. The predicted molar refractivity (Wildman–Crippen MR) is 122 cm³/mol. The summed E-state index contributed by atoms with van der Waals surface area (Å²) in [5.74, 6) is -0.689. The molecule has 0 radical (unpaired) electrons. The first-order valence-corrected chi connectivity index (χ1v) is 10.5. The van der Waals surface area contributed by atoms with Crippen LogP contribution in [0.5, 0.6) is 0 Å². The number of ketones is 1. The molecule has 31 heavy (non-hydrogen) atoms. The smallest absolute Gasteiger partial charge is 0.358 e. The number of hydrogen-bond acceptors (Lipinski definition) is 4. The molecule has 0 saturated carbocycles. The summed E-state index contributed by atoms with van der Waals surface area (Å²) in [5, 5.41) is 4.52. The van der Waals surface area contributed by atoms with Gasteiger partial charge in [0, 0.05) is 15.6 Å². The standard InChI is InChI=1S/C25H19BrN2O3/c1-31-25(30)21-16-22(19-14-8-9-15-20(19)26)28(27-21)23(17-10-4-2-5-11-17)24(29)18-12-6-3-7-13-18/h2-16,23H,1H3. The summed E-state index contributed by atoms with van der Waals surface area (Å²) in [6.07, 6.45) is 0. The second kappa shape index (κ2) is 9.10. The molecule has 0 aliphatic rings. The minimum absolute atomic E-state index is 0.125. The lowest BCUT2D eigenvalue weighted by Gasteiger charge is -2.20. The van der Waals surface area contributed by atoms with Gasteiger partial charge in [0.25, 0.3) is 0 Å². The SMILES string of the molecule is COC(=O)c1cc(-c2ccccc2Br)n(C(C(=O)c2ccccc2)c2ccccc2)n1. The number of methoxy groups -OCH3 is 1. The predicted octanol–water partition coefficient (Wildman–Crippen LogP) is 5.57. The van der Waals surface area contributed by atoms with E-state index >= 15 is 0 Å². The Labute approximate surface area is 188 Å². The topological polar surface area (TPSA) is 61.2 Å². The fraction of sp³-hybridized carbons (Fsp3) is 0.0800. The van der Waals surface area contributed by atoms with Gasteiger partial charge in [-0.3, -0.25) is 4.79 Å². The maximum atomic E-state index is 13.7. The van der Waals surface area contributed by atoms with Crippen molar-refractivity contribution in [2.75, 3.05) is 7.11 Å². The second-order valence-electron chi connectivity index (χ2n) is 6.87. The zero-order chi connectivity index (χ0) is 21.8. The van der Waals surface area contributed by atoms with Crippen LogP contribution in [0.25, 0.3) is 11.3 Å². The van der Waals surface area contributed by atoms with Crippen molar-refractivity contribution >= 4 is 27.7 Å². The van der Waals surface area contributed by atoms with Crippen LogP contribution in [-0.4, -0.2) is 28.6 Å². The summed E-state index contributed by atoms with van der Waals surface area (Å²) < 4.78 is 7.32. The number of carbonyl (C=O) groups excluding carboxylic acids is 2. The van der Waals surface area contributed by atoms with E-state index in [1.165, 1.54) is 7.11 Å². The highest BCUT2D eigenvalue weighted by Gasteiger charge is 2.29. The molecule has 4 aromatic rings. The van der Waals surface area contributed by atoms with Crippen molar-refractivity contribution in [2.45, 2.75) is 6.04 Å². The summed E-state index contributed by atoms with van der Waals surface area (Å²) in [6.45, 7) is 0. The Morgan fingerprint density at radius 2 is 1.52 bits per heavy atom. The van der Waals surface area contributed by atoms with Gasteiger partial charge in [0.05, 0.1) is 12.8 Å². The van der Waals surface area contributed by atoms with E-state index in [4.69, 9.17) is 4.74 Å². The third-order valence-corrected chi connectivity index (χ3v) is 5.64. The average molecular weight is 475 g/mol. The number of Topliss-reactive ketones (excluding diaryl/α,β-unsaturated/α-hetero) is 1. The molecule has 5 nitrogen and oxygen atoms in total. The van der Waals surface area contributed by atoms with Crippen molar-refractivity contribution < 1.29 is 14.3 Å². The normalized spacial score (nSPS) is 11.7. The van der Waals surface area contributed by atoms with Gasteiger partial charge in [0.1, 0.15) is 6.04 Å². The van der Waals surface area contributed by atoms with E-state index in [1.807, 2.05) is 72.8 Å². The van der Waals surface area contributed by atoms with E-state index in [0.29, 0.717) is 11.3 Å². The molecule has 0 bridgehead atoms. The second-order valence-corrected chi connectivity index (χ2v) is 7.73. The Balaban J connectivity index is 1.96. The lowest BCUT2D eigenvalue weighted by atomic mass is 9.97. The van der Waals surface area contributed by atoms with Crippen molar-refractivity contribution in [3.63, 3.8) is 0 Å². The fourth-order valence-corrected chi connectivity index (χ4v) is 3.95. The first-order valence-electron chi connectivity index (χ1n) is 9.67. The van der Waals surface area contributed by atoms with Gasteiger partial charge in [0.15, 0.2) is 11.5 Å². The fourth-order valence-electron chi connectivity index (χ4n) is 3.46. The van der Waals surface area contributed by atoms with Crippen molar-refractivity contribution in [2.24, 2.45) is 0 Å². The minimum Gasteiger partial charge on any atom is -0.464 e. The number of hydrogen-bond donors (Lipinski definition) is 0. The van der Waals surface area contributed by atoms with Crippen LogP contribution < -0.4 is 0 Å². The van der Waals surface area contributed by atoms with E-state index in [9.17, 15) is 9.59 Å². The van der Waals surface area contributed by atoms with Crippen LogP contribution in [0.3, 0.4) is 0 Å².